The van der Waals surface area contributed by atoms with Crippen molar-refractivity contribution in [2.24, 2.45) is 0 Å². The SMILES string of the molecule is CNC(=O)c1cc2c(=O)n3cccc(C)c3nc2n(Cc2ccc(OC)cc2)c1=N. The lowest BCUT2D eigenvalue weighted by molar-refractivity contribution is 0.0960. The summed E-state index contributed by atoms with van der Waals surface area (Å²) < 4.78 is 8.26. The molecule has 1 amide bonds. The highest BCUT2D eigenvalue weighted by atomic mass is 16.5. The van der Waals surface area contributed by atoms with E-state index in [1.165, 1.54) is 17.5 Å². The van der Waals surface area contributed by atoms with E-state index in [-0.39, 0.29) is 28.5 Å². The molecule has 4 rings (SSSR count). The van der Waals surface area contributed by atoms with E-state index in [1.54, 1.807) is 23.9 Å². The summed E-state index contributed by atoms with van der Waals surface area (Å²) in [5.41, 5.74) is 2.43. The number of methoxy groups -OCH3 is 1. The van der Waals surface area contributed by atoms with Crippen molar-refractivity contribution in [3.8, 4) is 5.75 Å². The Morgan fingerprint density at radius 2 is 1.93 bits per heavy atom. The molecular weight excluding hydrogens is 382 g/mol. The molecule has 2 N–H and O–H groups in total. The Labute approximate surface area is 171 Å². The zero-order valence-corrected chi connectivity index (χ0v) is 16.9. The fraction of sp³-hybridized carbons (Fsp3) is 0.182. The highest BCUT2D eigenvalue weighted by molar-refractivity contribution is 5.96. The van der Waals surface area contributed by atoms with E-state index in [0.29, 0.717) is 11.3 Å². The molecule has 0 unspecified atom stereocenters. The number of hydrogen-bond donors (Lipinski definition) is 2. The Morgan fingerprint density at radius 1 is 1.20 bits per heavy atom. The van der Waals surface area contributed by atoms with Crippen LogP contribution in [0.5, 0.6) is 5.75 Å². The number of carbonyl (C=O) groups excluding carboxylic acids is 1. The fourth-order valence-corrected chi connectivity index (χ4v) is 3.47. The van der Waals surface area contributed by atoms with E-state index in [9.17, 15) is 9.59 Å². The van der Waals surface area contributed by atoms with Gasteiger partial charge in [-0.1, -0.05) is 18.2 Å². The predicted octanol–water partition coefficient (Wildman–Crippen LogP) is 1.85. The normalized spacial score (nSPS) is 11.0. The Morgan fingerprint density at radius 3 is 2.60 bits per heavy atom. The molecule has 4 aromatic rings. The number of nitrogens with one attached hydrogen (secondary N) is 2. The van der Waals surface area contributed by atoms with Crippen molar-refractivity contribution in [3.63, 3.8) is 0 Å². The molecule has 8 nitrogen and oxygen atoms in total. The topological polar surface area (TPSA) is 101 Å². The number of amides is 1. The standard InChI is InChI=1S/C22H21N5O3/c1-13-5-4-10-26-19(13)25-20-17(22(26)29)11-16(21(28)24-2)18(23)27(20)12-14-6-8-15(30-3)9-7-14/h4-11,23H,12H2,1-3H3,(H,24,28). The van der Waals surface area contributed by atoms with Gasteiger partial charge in [-0.25, -0.2) is 4.98 Å². The molecule has 0 saturated carbocycles. The maximum Gasteiger partial charge on any atom is 0.267 e. The number of nitrogens with zero attached hydrogens (tertiary/aromatic N) is 3. The molecule has 0 aliphatic rings. The van der Waals surface area contributed by atoms with E-state index < -0.39 is 5.91 Å². The van der Waals surface area contributed by atoms with E-state index >= 15 is 0 Å². The van der Waals surface area contributed by atoms with Crippen LogP contribution in [0.4, 0.5) is 0 Å². The second-order valence-corrected chi connectivity index (χ2v) is 6.96. The van der Waals surface area contributed by atoms with Crippen LogP contribution in [0.25, 0.3) is 16.7 Å². The lowest BCUT2D eigenvalue weighted by atomic mass is 10.1. The highest BCUT2D eigenvalue weighted by Crippen LogP contribution is 2.16. The van der Waals surface area contributed by atoms with Crippen molar-refractivity contribution in [1.29, 1.82) is 5.41 Å². The molecule has 0 bridgehead atoms. The summed E-state index contributed by atoms with van der Waals surface area (Å²) in [5, 5.41) is 11.5. The van der Waals surface area contributed by atoms with Gasteiger partial charge in [0.05, 0.1) is 24.6 Å². The van der Waals surface area contributed by atoms with Crippen LogP contribution < -0.4 is 21.1 Å². The highest BCUT2D eigenvalue weighted by Gasteiger charge is 2.17. The van der Waals surface area contributed by atoms with Crippen LogP contribution in [0, 0.1) is 12.3 Å². The smallest absolute Gasteiger partial charge is 0.267 e. The molecule has 1 aromatic carbocycles. The first-order chi connectivity index (χ1) is 14.4. The number of benzene rings is 1. The third kappa shape index (κ3) is 3.12. The van der Waals surface area contributed by atoms with Crippen LogP contribution in [0.15, 0.2) is 53.5 Å². The molecule has 3 heterocycles. The number of aromatic nitrogens is 3. The first-order valence-electron chi connectivity index (χ1n) is 9.39. The summed E-state index contributed by atoms with van der Waals surface area (Å²) >= 11 is 0. The van der Waals surface area contributed by atoms with Gasteiger partial charge in [-0.2, -0.15) is 0 Å². The first kappa shape index (κ1) is 19.4. The number of ether oxygens (including phenoxy) is 1. The maximum atomic E-state index is 13.2. The molecule has 8 heteroatoms. The molecule has 0 radical (unpaired) electrons. The van der Waals surface area contributed by atoms with Crippen LogP contribution >= 0.6 is 0 Å². The lowest BCUT2D eigenvalue weighted by Crippen LogP contribution is -2.34. The van der Waals surface area contributed by atoms with Crippen molar-refractivity contribution in [2.75, 3.05) is 14.2 Å². The van der Waals surface area contributed by atoms with Crippen molar-refractivity contribution in [2.45, 2.75) is 13.5 Å². The molecule has 0 aliphatic carbocycles. The molecule has 0 atom stereocenters. The van der Waals surface area contributed by atoms with Crippen molar-refractivity contribution in [1.82, 2.24) is 19.3 Å². The summed E-state index contributed by atoms with van der Waals surface area (Å²) in [6, 6.07) is 12.5. The predicted molar refractivity (Wildman–Crippen MR) is 113 cm³/mol. The Balaban J connectivity index is 2.06. The number of carbonyl (C=O) groups is 1. The minimum atomic E-state index is -0.431. The van der Waals surface area contributed by atoms with Crippen LogP contribution in [0.1, 0.15) is 21.5 Å². The van der Waals surface area contributed by atoms with Crippen molar-refractivity contribution >= 4 is 22.6 Å². The number of rotatable bonds is 4. The number of hydrogen-bond acceptors (Lipinski definition) is 5. The Hall–Kier alpha value is -3.94. The van der Waals surface area contributed by atoms with Gasteiger partial charge in [-0.15, -0.1) is 0 Å². The molecule has 3 aromatic heterocycles. The summed E-state index contributed by atoms with van der Waals surface area (Å²) in [5.74, 6) is 0.288. The summed E-state index contributed by atoms with van der Waals surface area (Å²) in [6.45, 7) is 2.15. The van der Waals surface area contributed by atoms with E-state index in [0.717, 1.165) is 16.9 Å². The molecular formula is C22H21N5O3. The largest absolute Gasteiger partial charge is 0.497 e. The van der Waals surface area contributed by atoms with E-state index in [4.69, 9.17) is 15.1 Å². The average Bonchev–Trinajstić information content (AvgIpc) is 2.76. The molecule has 0 fully saturated rings. The van der Waals surface area contributed by atoms with Crippen LogP contribution in [-0.2, 0) is 6.54 Å². The lowest BCUT2D eigenvalue weighted by Gasteiger charge is -2.15. The molecule has 152 valence electrons. The molecule has 30 heavy (non-hydrogen) atoms. The molecule has 0 aliphatic heterocycles. The second-order valence-electron chi connectivity index (χ2n) is 6.96. The third-order valence-electron chi connectivity index (χ3n) is 5.10. The van der Waals surface area contributed by atoms with E-state index in [1.807, 2.05) is 37.3 Å². The van der Waals surface area contributed by atoms with Crippen molar-refractivity contribution in [3.05, 3.63) is 81.2 Å². The van der Waals surface area contributed by atoms with Crippen LogP contribution in [0.2, 0.25) is 0 Å². The molecule has 0 saturated heterocycles. The fourth-order valence-electron chi connectivity index (χ4n) is 3.47. The van der Waals surface area contributed by atoms with Gasteiger partial charge in [0.2, 0.25) is 0 Å². The monoisotopic (exact) mass is 403 g/mol. The Bertz CT molecular complexity index is 1400. The van der Waals surface area contributed by atoms with Crippen LogP contribution in [-0.4, -0.2) is 34.0 Å². The number of pyridine rings is 2. The van der Waals surface area contributed by atoms with Gasteiger partial charge in [0.15, 0.2) is 0 Å². The quantitative estimate of drug-likeness (QED) is 0.508. The minimum Gasteiger partial charge on any atom is -0.497 e. The van der Waals surface area contributed by atoms with Crippen LogP contribution in [0.3, 0.4) is 0 Å². The van der Waals surface area contributed by atoms with Gasteiger partial charge in [0, 0.05) is 13.2 Å². The first-order valence-corrected chi connectivity index (χ1v) is 9.39. The molecule has 0 spiro atoms. The van der Waals surface area contributed by atoms with Gasteiger partial charge in [-0.3, -0.25) is 19.4 Å². The number of aryl methyl sites for hydroxylation is 1. The Kier molecular flexibility index (Phi) is 4.83. The minimum absolute atomic E-state index is 0.0116. The second kappa shape index (κ2) is 7.47. The summed E-state index contributed by atoms with van der Waals surface area (Å²) in [4.78, 5) is 30.3. The van der Waals surface area contributed by atoms with Gasteiger partial charge >= 0.3 is 0 Å². The third-order valence-corrected chi connectivity index (χ3v) is 5.10. The zero-order chi connectivity index (χ0) is 21.4. The summed E-state index contributed by atoms with van der Waals surface area (Å²) in [6.07, 6.45) is 1.65. The maximum absolute atomic E-state index is 13.2. The van der Waals surface area contributed by atoms with E-state index in [2.05, 4.69) is 5.32 Å². The summed E-state index contributed by atoms with van der Waals surface area (Å²) in [7, 11) is 3.09. The van der Waals surface area contributed by atoms with Gasteiger partial charge in [0.1, 0.15) is 22.5 Å². The van der Waals surface area contributed by atoms with Crippen molar-refractivity contribution < 1.29 is 9.53 Å². The average molecular weight is 403 g/mol. The zero-order valence-electron chi connectivity index (χ0n) is 16.9. The number of fused-ring (bicyclic) bond motifs is 2. The van der Waals surface area contributed by atoms with Gasteiger partial charge < -0.3 is 14.6 Å². The van der Waals surface area contributed by atoms with Gasteiger partial charge in [0.25, 0.3) is 11.5 Å². The van der Waals surface area contributed by atoms with Gasteiger partial charge in [-0.05, 0) is 42.3 Å².